The van der Waals surface area contributed by atoms with Crippen LogP contribution >= 0.6 is 11.8 Å². The number of rotatable bonds is 6. The van der Waals surface area contributed by atoms with Crippen molar-refractivity contribution in [2.75, 3.05) is 23.9 Å². The van der Waals surface area contributed by atoms with Crippen molar-refractivity contribution >= 4 is 17.7 Å². The van der Waals surface area contributed by atoms with E-state index in [4.69, 9.17) is 0 Å². The van der Waals surface area contributed by atoms with Crippen LogP contribution in [0.15, 0.2) is 6.20 Å². The number of hydrogen-bond acceptors (Lipinski definition) is 3. The van der Waals surface area contributed by atoms with E-state index in [0.717, 1.165) is 18.2 Å². The lowest BCUT2D eigenvalue weighted by atomic mass is 10.2. The smallest absolute Gasteiger partial charge is 0.203 e. The first kappa shape index (κ1) is 12.8. The second kappa shape index (κ2) is 6.34. The molecule has 1 aromatic rings. The Morgan fingerprint density at radius 3 is 2.94 bits per heavy atom. The lowest BCUT2D eigenvalue weighted by Crippen LogP contribution is -2.12. The molecule has 1 aromatic heterocycles. The van der Waals surface area contributed by atoms with Crippen LogP contribution in [0.25, 0.3) is 0 Å². The first-order valence-electron chi connectivity index (χ1n) is 6.59. The van der Waals surface area contributed by atoms with Crippen LogP contribution in [0, 0.1) is 6.92 Å². The number of aryl methyl sites for hydroxylation is 1. The Bertz CT molecular complexity index is 342. The summed E-state index contributed by atoms with van der Waals surface area (Å²) in [5.74, 6) is 2.30. The summed E-state index contributed by atoms with van der Waals surface area (Å²) in [7, 11) is 0. The molecule has 0 atom stereocenters. The molecule has 0 radical (unpaired) electrons. The molecule has 0 amide bonds. The maximum absolute atomic E-state index is 4.60. The van der Waals surface area contributed by atoms with Gasteiger partial charge in [0.2, 0.25) is 5.95 Å². The molecule has 0 unspecified atom stereocenters. The minimum atomic E-state index is 0.680. The minimum absolute atomic E-state index is 0.680. The van der Waals surface area contributed by atoms with Crippen molar-refractivity contribution in [2.24, 2.45) is 0 Å². The van der Waals surface area contributed by atoms with Crippen molar-refractivity contribution in [2.45, 2.75) is 45.1 Å². The van der Waals surface area contributed by atoms with Crippen LogP contribution in [-0.4, -0.2) is 28.1 Å². The Kier molecular flexibility index (Phi) is 4.77. The van der Waals surface area contributed by atoms with Gasteiger partial charge >= 0.3 is 0 Å². The van der Waals surface area contributed by atoms with Crippen LogP contribution in [0.5, 0.6) is 0 Å². The summed E-state index contributed by atoms with van der Waals surface area (Å²) in [6, 6.07) is 0.680. The number of nitrogens with one attached hydrogen (secondary N) is 1. The summed E-state index contributed by atoms with van der Waals surface area (Å²) in [4.78, 5) is 4.60. The van der Waals surface area contributed by atoms with E-state index >= 15 is 0 Å². The van der Waals surface area contributed by atoms with Gasteiger partial charge in [0.05, 0.1) is 5.69 Å². The molecular formula is C13H23N3S. The van der Waals surface area contributed by atoms with E-state index in [-0.39, 0.29) is 0 Å². The van der Waals surface area contributed by atoms with E-state index in [1.54, 1.807) is 0 Å². The van der Waals surface area contributed by atoms with Gasteiger partial charge in [0.1, 0.15) is 0 Å². The van der Waals surface area contributed by atoms with E-state index in [0.29, 0.717) is 6.04 Å². The number of nitrogens with zero attached hydrogens (tertiary/aromatic N) is 2. The van der Waals surface area contributed by atoms with Gasteiger partial charge in [-0.15, -0.1) is 0 Å². The molecular weight excluding hydrogens is 230 g/mol. The first-order chi connectivity index (χ1) is 8.31. The Morgan fingerprint density at radius 1 is 1.47 bits per heavy atom. The van der Waals surface area contributed by atoms with Gasteiger partial charge in [-0.25, -0.2) is 4.98 Å². The average Bonchev–Trinajstić information content (AvgIpc) is 2.93. The predicted molar refractivity (Wildman–Crippen MR) is 76.0 cm³/mol. The number of hydrogen-bond donors (Lipinski definition) is 1. The lowest BCUT2D eigenvalue weighted by molar-refractivity contribution is 0.522. The molecule has 1 fully saturated rings. The van der Waals surface area contributed by atoms with E-state index in [2.05, 4.69) is 34.2 Å². The van der Waals surface area contributed by atoms with E-state index in [1.807, 2.05) is 11.8 Å². The van der Waals surface area contributed by atoms with Crippen LogP contribution in [0.4, 0.5) is 5.95 Å². The third-order valence-electron chi connectivity index (χ3n) is 3.38. The van der Waals surface area contributed by atoms with Crippen molar-refractivity contribution in [3.05, 3.63) is 11.9 Å². The Balaban J connectivity index is 1.95. The van der Waals surface area contributed by atoms with Crippen molar-refractivity contribution < 1.29 is 0 Å². The second-order valence-corrected chi connectivity index (χ2v) is 5.81. The lowest BCUT2D eigenvalue weighted by Gasteiger charge is -2.15. The van der Waals surface area contributed by atoms with Crippen LogP contribution in [-0.2, 0) is 0 Å². The molecule has 1 N–H and O–H groups in total. The summed E-state index contributed by atoms with van der Waals surface area (Å²) in [6.07, 6.45) is 10.9. The molecule has 96 valence electrons. The quantitative estimate of drug-likeness (QED) is 0.787. The summed E-state index contributed by atoms with van der Waals surface area (Å²) in [5, 5.41) is 3.48. The molecule has 0 spiro atoms. The highest BCUT2D eigenvalue weighted by Crippen LogP contribution is 2.31. The third kappa shape index (κ3) is 3.41. The van der Waals surface area contributed by atoms with Crippen molar-refractivity contribution in [1.29, 1.82) is 0 Å². The molecule has 17 heavy (non-hydrogen) atoms. The van der Waals surface area contributed by atoms with Crippen molar-refractivity contribution in [3.8, 4) is 0 Å². The highest BCUT2D eigenvalue weighted by molar-refractivity contribution is 7.98. The molecule has 2 rings (SSSR count). The summed E-state index contributed by atoms with van der Waals surface area (Å²) in [5.41, 5.74) is 1.13. The summed E-state index contributed by atoms with van der Waals surface area (Å²) < 4.78 is 2.36. The van der Waals surface area contributed by atoms with Gasteiger partial charge in [-0.3, -0.25) is 0 Å². The van der Waals surface area contributed by atoms with Gasteiger partial charge in [0, 0.05) is 18.8 Å². The van der Waals surface area contributed by atoms with Crippen LogP contribution in [0.1, 0.15) is 43.8 Å². The zero-order chi connectivity index (χ0) is 12.1. The van der Waals surface area contributed by atoms with Gasteiger partial charge in [0.25, 0.3) is 0 Å². The number of anilines is 1. The number of thioether (sulfide) groups is 1. The van der Waals surface area contributed by atoms with Crippen molar-refractivity contribution in [1.82, 2.24) is 9.55 Å². The van der Waals surface area contributed by atoms with Gasteiger partial charge in [-0.05, 0) is 38.2 Å². The fourth-order valence-corrected chi connectivity index (χ4v) is 2.96. The van der Waals surface area contributed by atoms with Crippen LogP contribution < -0.4 is 5.32 Å². The average molecular weight is 253 g/mol. The van der Waals surface area contributed by atoms with Crippen LogP contribution in [0.2, 0.25) is 0 Å². The van der Waals surface area contributed by atoms with Gasteiger partial charge in [-0.2, -0.15) is 11.8 Å². The molecule has 4 heteroatoms. The summed E-state index contributed by atoms with van der Waals surface area (Å²) in [6.45, 7) is 3.11. The number of aromatic nitrogens is 2. The molecule has 0 bridgehead atoms. The molecule has 0 aliphatic heterocycles. The molecule has 3 nitrogen and oxygen atoms in total. The largest absolute Gasteiger partial charge is 0.356 e. The zero-order valence-corrected chi connectivity index (χ0v) is 11.7. The van der Waals surface area contributed by atoms with Gasteiger partial charge < -0.3 is 9.88 Å². The maximum atomic E-state index is 4.60. The summed E-state index contributed by atoms with van der Waals surface area (Å²) >= 11 is 1.90. The van der Waals surface area contributed by atoms with Gasteiger partial charge in [0.15, 0.2) is 0 Å². The first-order valence-corrected chi connectivity index (χ1v) is 7.99. The molecule has 1 aliphatic carbocycles. The Morgan fingerprint density at radius 2 is 2.24 bits per heavy atom. The molecule has 0 saturated heterocycles. The zero-order valence-electron chi connectivity index (χ0n) is 10.9. The van der Waals surface area contributed by atoms with E-state index in [9.17, 15) is 0 Å². The Hall–Kier alpha value is -0.640. The Labute approximate surface area is 108 Å². The normalized spacial score (nSPS) is 16.6. The highest BCUT2D eigenvalue weighted by atomic mass is 32.2. The highest BCUT2D eigenvalue weighted by Gasteiger charge is 2.19. The fraction of sp³-hybridized carbons (Fsp3) is 0.769. The van der Waals surface area contributed by atoms with E-state index in [1.165, 1.54) is 37.9 Å². The minimum Gasteiger partial charge on any atom is -0.356 e. The van der Waals surface area contributed by atoms with E-state index < -0.39 is 0 Å². The third-order valence-corrected chi connectivity index (χ3v) is 4.08. The molecule has 1 saturated carbocycles. The molecule has 1 heterocycles. The monoisotopic (exact) mass is 253 g/mol. The molecule has 0 aromatic carbocycles. The number of imidazole rings is 1. The molecule has 1 aliphatic rings. The standard InChI is InChI=1S/C13H23N3S/c1-11-10-16(12-6-3-4-7-12)13(15-11)14-8-5-9-17-2/h10,12H,3-9H2,1-2H3,(H,14,15). The van der Waals surface area contributed by atoms with Gasteiger partial charge in [-0.1, -0.05) is 12.8 Å². The maximum Gasteiger partial charge on any atom is 0.203 e. The second-order valence-electron chi connectivity index (χ2n) is 4.82. The van der Waals surface area contributed by atoms with Crippen molar-refractivity contribution in [3.63, 3.8) is 0 Å². The predicted octanol–water partition coefficient (Wildman–Crippen LogP) is 3.47. The fourth-order valence-electron chi connectivity index (χ4n) is 2.52. The SMILES string of the molecule is CSCCCNc1nc(C)cn1C1CCCC1. The topological polar surface area (TPSA) is 29.9 Å². The van der Waals surface area contributed by atoms with Crippen LogP contribution in [0.3, 0.4) is 0 Å².